The summed E-state index contributed by atoms with van der Waals surface area (Å²) in [6, 6.07) is 6.21. The Labute approximate surface area is 125 Å². The zero-order valence-corrected chi connectivity index (χ0v) is 13.0. The maximum Gasteiger partial charge on any atom is 0.335 e. The highest BCUT2D eigenvalue weighted by molar-refractivity contribution is 7.88. The molecule has 0 spiro atoms. The Bertz CT molecular complexity index is 591. The van der Waals surface area contributed by atoms with Crippen LogP contribution in [0.1, 0.15) is 48.5 Å². The van der Waals surface area contributed by atoms with Crippen molar-refractivity contribution in [3.05, 3.63) is 35.4 Å². The lowest BCUT2D eigenvalue weighted by molar-refractivity contribution is 0.0697. The highest BCUT2D eigenvalue weighted by Crippen LogP contribution is 2.30. The Morgan fingerprint density at radius 3 is 2.38 bits per heavy atom. The molecule has 0 bridgehead atoms. The molecule has 21 heavy (non-hydrogen) atoms. The van der Waals surface area contributed by atoms with Crippen LogP contribution in [0.5, 0.6) is 0 Å². The lowest BCUT2D eigenvalue weighted by Crippen LogP contribution is -2.35. The third kappa shape index (κ3) is 4.28. The minimum atomic E-state index is -3.33. The van der Waals surface area contributed by atoms with Crippen molar-refractivity contribution >= 4 is 16.0 Å². The molecule has 1 aromatic carbocycles. The van der Waals surface area contributed by atoms with Crippen LogP contribution in [-0.4, -0.2) is 36.4 Å². The van der Waals surface area contributed by atoms with Crippen LogP contribution in [0.4, 0.5) is 0 Å². The average molecular weight is 311 g/mol. The SMILES string of the molecule is CCCCN(C1CC1)S(=O)(=O)Cc1ccc(C(=O)O)cc1. The smallest absolute Gasteiger partial charge is 0.335 e. The quantitative estimate of drug-likeness (QED) is 0.800. The van der Waals surface area contributed by atoms with Crippen LogP contribution < -0.4 is 0 Å². The van der Waals surface area contributed by atoms with Crippen LogP contribution in [0.2, 0.25) is 0 Å². The van der Waals surface area contributed by atoms with Gasteiger partial charge in [0.2, 0.25) is 10.0 Å². The minimum Gasteiger partial charge on any atom is -0.478 e. The number of carboxylic acid groups (broad SMARTS) is 1. The second-order valence-corrected chi connectivity index (χ2v) is 7.38. The van der Waals surface area contributed by atoms with E-state index in [1.807, 2.05) is 6.92 Å². The van der Waals surface area contributed by atoms with Gasteiger partial charge in [0.05, 0.1) is 11.3 Å². The number of sulfonamides is 1. The van der Waals surface area contributed by atoms with E-state index in [2.05, 4.69) is 0 Å². The summed E-state index contributed by atoms with van der Waals surface area (Å²) >= 11 is 0. The largest absolute Gasteiger partial charge is 0.478 e. The number of hydrogen-bond donors (Lipinski definition) is 1. The first-order valence-corrected chi connectivity index (χ1v) is 8.86. The molecule has 5 nitrogen and oxygen atoms in total. The number of rotatable bonds is 8. The second-order valence-electron chi connectivity index (χ2n) is 5.45. The summed E-state index contributed by atoms with van der Waals surface area (Å²) in [6.45, 7) is 2.62. The van der Waals surface area contributed by atoms with Gasteiger partial charge in [-0.2, -0.15) is 4.31 Å². The van der Waals surface area contributed by atoms with Crippen molar-refractivity contribution in [2.75, 3.05) is 6.54 Å². The van der Waals surface area contributed by atoms with Gasteiger partial charge >= 0.3 is 5.97 Å². The van der Waals surface area contributed by atoms with E-state index in [1.54, 1.807) is 16.4 Å². The Kier molecular flexibility index (Phi) is 5.00. The van der Waals surface area contributed by atoms with E-state index in [-0.39, 0.29) is 17.4 Å². The van der Waals surface area contributed by atoms with Crippen molar-refractivity contribution in [3.8, 4) is 0 Å². The highest BCUT2D eigenvalue weighted by atomic mass is 32.2. The summed E-state index contributed by atoms with van der Waals surface area (Å²) in [5.41, 5.74) is 0.795. The van der Waals surface area contributed by atoms with E-state index < -0.39 is 16.0 Å². The normalized spacial score (nSPS) is 15.3. The fourth-order valence-electron chi connectivity index (χ4n) is 2.26. The highest BCUT2D eigenvalue weighted by Gasteiger charge is 2.36. The van der Waals surface area contributed by atoms with Crippen molar-refractivity contribution in [3.63, 3.8) is 0 Å². The van der Waals surface area contributed by atoms with E-state index in [1.165, 1.54) is 12.1 Å². The lowest BCUT2D eigenvalue weighted by Gasteiger charge is -2.21. The van der Waals surface area contributed by atoms with Gasteiger partial charge in [-0.1, -0.05) is 25.5 Å². The molecule has 0 aliphatic heterocycles. The standard InChI is InChI=1S/C15H21NO4S/c1-2-3-10-16(14-8-9-14)21(19,20)11-12-4-6-13(7-5-12)15(17)18/h4-7,14H,2-3,8-11H2,1H3,(H,17,18). The van der Waals surface area contributed by atoms with Gasteiger partial charge in [-0.05, 0) is 37.0 Å². The van der Waals surface area contributed by atoms with Crippen molar-refractivity contribution in [2.24, 2.45) is 0 Å². The monoisotopic (exact) mass is 311 g/mol. The molecule has 1 aliphatic carbocycles. The molecule has 1 fully saturated rings. The second kappa shape index (κ2) is 6.58. The minimum absolute atomic E-state index is 0.0624. The number of unbranched alkanes of at least 4 members (excludes halogenated alkanes) is 1. The molecule has 0 aromatic heterocycles. The van der Waals surface area contributed by atoms with Crippen LogP contribution >= 0.6 is 0 Å². The molecule has 1 aromatic rings. The van der Waals surface area contributed by atoms with E-state index >= 15 is 0 Å². The molecule has 0 heterocycles. The molecule has 0 unspecified atom stereocenters. The molecule has 0 radical (unpaired) electrons. The van der Waals surface area contributed by atoms with E-state index in [0.29, 0.717) is 12.1 Å². The molecule has 0 atom stereocenters. The molecule has 1 aliphatic rings. The number of carboxylic acids is 1. The molecule has 0 amide bonds. The van der Waals surface area contributed by atoms with Gasteiger partial charge in [0.1, 0.15) is 0 Å². The van der Waals surface area contributed by atoms with Gasteiger partial charge in [-0.25, -0.2) is 13.2 Å². The zero-order valence-electron chi connectivity index (χ0n) is 12.2. The summed E-state index contributed by atoms with van der Waals surface area (Å²) in [5.74, 6) is -1.07. The molecule has 1 saturated carbocycles. The van der Waals surface area contributed by atoms with Gasteiger partial charge in [-0.15, -0.1) is 0 Å². The molecular formula is C15H21NO4S. The Hall–Kier alpha value is -1.40. The topological polar surface area (TPSA) is 74.7 Å². The third-order valence-electron chi connectivity index (χ3n) is 3.59. The Balaban J connectivity index is 2.09. The van der Waals surface area contributed by atoms with Crippen LogP contribution in [0, 0.1) is 0 Å². The maximum absolute atomic E-state index is 12.5. The van der Waals surface area contributed by atoms with Crippen LogP contribution in [0.15, 0.2) is 24.3 Å². The summed E-state index contributed by atoms with van der Waals surface area (Å²) < 4.78 is 26.7. The first kappa shape index (κ1) is 16.0. The summed E-state index contributed by atoms with van der Waals surface area (Å²) in [6.07, 6.45) is 3.72. The fraction of sp³-hybridized carbons (Fsp3) is 0.533. The Morgan fingerprint density at radius 2 is 1.90 bits per heavy atom. The summed E-state index contributed by atoms with van der Waals surface area (Å²) in [5, 5.41) is 8.85. The van der Waals surface area contributed by atoms with Gasteiger partial charge in [0, 0.05) is 12.6 Å². The molecule has 116 valence electrons. The van der Waals surface area contributed by atoms with E-state index in [4.69, 9.17) is 5.11 Å². The van der Waals surface area contributed by atoms with Crippen LogP contribution in [0.3, 0.4) is 0 Å². The van der Waals surface area contributed by atoms with Gasteiger partial charge in [0.15, 0.2) is 0 Å². The van der Waals surface area contributed by atoms with Crippen molar-refractivity contribution in [1.29, 1.82) is 0 Å². The molecule has 6 heteroatoms. The molecular weight excluding hydrogens is 290 g/mol. The first-order valence-electron chi connectivity index (χ1n) is 7.26. The predicted molar refractivity (Wildman–Crippen MR) is 80.7 cm³/mol. The number of aromatic carboxylic acids is 1. The van der Waals surface area contributed by atoms with Gasteiger partial charge in [0.25, 0.3) is 0 Å². The number of carbonyl (C=O) groups is 1. The number of benzene rings is 1. The van der Waals surface area contributed by atoms with Crippen molar-refractivity contribution in [2.45, 2.75) is 44.4 Å². The van der Waals surface area contributed by atoms with E-state index in [0.717, 1.165) is 25.7 Å². The van der Waals surface area contributed by atoms with Crippen LogP contribution in [0.25, 0.3) is 0 Å². The fourth-order valence-corrected chi connectivity index (χ4v) is 4.11. The van der Waals surface area contributed by atoms with E-state index in [9.17, 15) is 13.2 Å². The van der Waals surface area contributed by atoms with Gasteiger partial charge in [-0.3, -0.25) is 0 Å². The van der Waals surface area contributed by atoms with Crippen molar-refractivity contribution < 1.29 is 18.3 Å². The Morgan fingerprint density at radius 1 is 1.29 bits per heavy atom. The molecule has 2 rings (SSSR count). The maximum atomic E-state index is 12.5. The molecule has 1 N–H and O–H groups in total. The molecule has 0 saturated heterocycles. The summed E-state index contributed by atoms with van der Waals surface area (Å²) in [7, 11) is -3.33. The first-order chi connectivity index (χ1) is 9.94. The van der Waals surface area contributed by atoms with Crippen molar-refractivity contribution in [1.82, 2.24) is 4.31 Å². The predicted octanol–water partition coefficient (Wildman–Crippen LogP) is 2.48. The van der Waals surface area contributed by atoms with Crippen LogP contribution in [-0.2, 0) is 15.8 Å². The number of nitrogens with zero attached hydrogens (tertiary/aromatic N) is 1. The van der Waals surface area contributed by atoms with Gasteiger partial charge < -0.3 is 5.11 Å². The zero-order chi connectivity index (χ0) is 15.5. The average Bonchev–Trinajstić information content (AvgIpc) is 3.23. The third-order valence-corrected chi connectivity index (χ3v) is 5.49. The summed E-state index contributed by atoms with van der Waals surface area (Å²) in [4.78, 5) is 10.8. The number of hydrogen-bond acceptors (Lipinski definition) is 3. The lowest BCUT2D eigenvalue weighted by atomic mass is 10.1.